The number of urea groups is 1. The molecule has 2 aromatic rings. The van der Waals surface area contributed by atoms with Crippen molar-refractivity contribution in [3.63, 3.8) is 0 Å². The lowest BCUT2D eigenvalue weighted by atomic mass is 10.0. The second-order valence-corrected chi connectivity index (χ2v) is 6.65. The molecule has 2 amide bonds. The molecule has 0 aliphatic heterocycles. The van der Waals surface area contributed by atoms with Gasteiger partial charge in [-0.3, -0.25) is 4.90 Å². The summed E-state index contributed by atoms with van der Waals surface area (Å²) in [5.74, 6) is -0.889. The summed E-state index contributed by atoms with van der Waals surface area (Å²) >= 11 is 0. The first-order valence-electron chi connectivity index (χ1n) is 9.62. The van der Waals surface area contributed by atoms with E-state index < -0.39 is 5.97 Å². The largest absolute Gasteiger partial charge is 0.478 e. The van der Waals surface area contributed by atoms with Crippen molar-refractivity contribution in [2.24, 2.45) is 0 Å². The third kappa shape index (κ3) is 5.71. The van der Waals surface area contributed by atoms with Crippen molar-refractivity contribution in [2.45, 2.75) is 33.1 Å². The lowest BCUT2D eigenvalue weighted by Gasteiger charge is -2.19. The molecule has 0 unspecified atom stereocenters. The summed E-state index contributed by atoms with van der Waals surface area (Å²) in [4.78, 5) is 25.0. The van der Waals surface area contributed by atoms with Crippen molar-refractivity contribution < 1.29 is 14.7 Å². The van der Waals surface area contributed by atoms with Crippen LogP contribution in [0.3, 0.4) is 0 Å². The van der Waals surface area contributed by atoms with E-state index in [-0.39, 0.29) is 6.03 Å². The van der Waals surface area contributed by atoms with E-state index in [9.17, 15) is 9.59 Å². The maximum Gasteiger partial charge on any atom is 0.331 e. The van der Waals surface area contributed by atoms with Crippen LogP contribution >= 0.6 is 0 Å². The molecule has 5 nitrogen and oxygen atoms in total. The minimum atomic E-state index is -0.889. The van der Waals surface area contributed by atoms with Gasteiger partial charge in [-0.05, 0) is 47.7 Å². The number of anilines is 1. The first-order valence-corrected chi connectivity index (χ1v) is 9.62. The number of aliphatic carboxylic acids is 1. The van der Waals surface area contributed by atoms with E-state index in [1.54, 1.807) is 18.0 Å². The summed E-state index contributed by atoms with van der Waals surface area (Å²) < 4.78 is 0. The zero-order valence-electron chi connectivity index (χ0n) is 16.7. The number of hydrogen-bond acceptors (Lipinski definition) is 2. The van der Waals surface area contributed by atoms with Crippen LogP contribution in [0.2, 0.25) is 0 Å². The van der Waals surface area contributed by atoms with Crippen molar-refractivity contribution >= 4 is 23.8 Å². The van der Waals surface area contributed by atoms with Gasteiger partial charge in [0.15, 0.2) is 0 Å². The number of hydrogen-bond donors (Lipinski definition) is 2. The Balaban J connectivity index is 2.17. The molecule has 0 bridgehead atoms. The number of rotatable bonds is 8. The maximum atomic E-state index is 12.3. The lowest BCUT2D eigenvalue weighted by Crippen LogP contribution is -2.37. The average Bonchev–Trinajstić information content (AvgIpc) is 2.71. The molecule has 0 heterocycles. The van der Waals surface area contributed by atoms with Gasteiger partial charge in [0, 0.05) is 24.9 Å². The van der Waals surface area contributed by atoms with E-state index >= 15 is 0 Å². The molecule has 0 spiro atoms. The van der Waals surface area contributed by atoms with Gasteiger partial charge in [-0.15, -0.1) is 0 Å². The zero-order chi connectivity index (χ0) is 20.5. The quantitative estimate of drug-likeness (QED) is 0.490. The van der Waals surface area contributed by atoms with Crippen molar-refractivity contribution in [3.05, 3.63) is 59.7 Å². The molecule has 2 rings (SSSR count). The summed E-state index contributed by atoms with van der Waals surface area (Å²) in [6.07, 6.45) is 4.17. The van der Waals surface area contributed by atoms with E-state index in [2.05, 4.69) is 12.2 Å². The molecular formula is C23H28N2O3. The molecule has 28 heavy (non-hydrogen) atoms. The highest BCUT2D eigenvalue weighted by Gasteiger charge is 2.11. The third-order valence-corrected chi connectivity index (χ3v) is 4.59. The maximum absolute atomic E-state index is 12.3. The fraction of sp³-hybridized carbons (Fsp3) is 0.304. The number of amides is 2. The topological polar surface area (TPSA) is 69.6 Å². The summed E-state index contributed by atoms with van der Waals surface area (Å²) in [7, 11) is 1.76. The minimum absolute atomic E-state index is 0.119. The Morgan fingerprint density at radius 1 is 1.07 bits per heavy atom. The highest BCUT2D eigenvalue weighted by atomic mass is 16.4. The van der Waals surface area contributed by atoms with Gasteiger partial charge >= 0.3 is 12.0 Å². The van der Waals surface area contributed by atoms with Crippen LogP contribution in [-0.4, -0.2) is 30.7 Å². The lowest BCUT2D eigenvalue weighted by molar-refractivity contribution is -0.132. The molecule has 0 aliphatic rings. The normalized spacial score (nSPS) is 11.2. The summed E-state index contributed by atoms with van der Waals surface area (Å²) in [6.45, 7) is 4.59. The molecule has 0 saturated carbocycles. The Kier molecular flexibility index (Phi) is 7.81. The highest BCUT2D eigenvalue weighted by Crippen LogP contribution is 2.25. The molecule has 2 N–H and O–H groups in total. The summed E-state index contributed by atoms with van der Waals surface area (Å²) in [5, 5.41) is 12.1. The Labute approximate surface area is 166 Å². The number of carboxylic acids is 1. The molecule has 0 saturated heterocycles. The smallest absolute Gasteiger partial charge is 0.331 e. The van der Waals surface area contributed by atoms with Crippen molar-refractivity contribution in [1.29, 1.82) is 0 Å². The Morgan fingerprint density at radius 3 is 2.39 bits per heavy atom. The zero-order valence-corrected chi connectivity index (χ0v) is 16.7. The van der Waals surface area contributed by atoms with Crippen molar-refractivity contribution in [3.8, 4) is 11.1 Å². The summed E-state index contributed by atoms with van der Waals surface area (Å²) in [5.41, 5.74) is 4.05. The average molecular weight is 380 g/mol. The van der Waals surface area contributed by atoms with Gasteiger partial charge in [0.05, 0.1) is 0 Å². The number of carbonyl (C=O) groups is 2. The Morgan fingerprint density at radius 2 is 1.79 bits per heavy atom. The van der Waals surface area contributed by atoms with Crippen LogP contribution in [0, 0.1) is 0 Å². The van der Waals surface area contributed by atoms with E-state index in [0.29, 0.717) is 18.5 Å². The number of nitrogens with zero attached hydrogens (tertiary/aromatic N) is 1. The van der Waals surface area contributed by atoms with E-state index in [1.807, 2.05) is 55.5 Å². The number of carboxylic acid groups (broad SMARTS) is 1. The predicted molar refractivity (Wildman–Crippen MR) is 114 cm³/mol. The molecule has 0 aliphatic carbocycles. The van der Waals surface area contributed by atoms with Crippen LogP contribution < -0.4 is 10.2 Å². The van der Waals surface area contributed by atoms with Crippen molar-refractivity contribution in [2.75, 3.05) is 18.5 Å². The van der Waals surface area contributed by atoms with Gasteiger partial charge in [-0.2, -0.15) is 0 Å². The van der Waals surface area contributed by atoms with Crippen LogP contribution in [0.25, 0.3) is 17.2 Å². The first-order chi connectivity index (χ1) is 13.5. The van der Waals surface area contributed by atoms with Crippen LogP contribution in [0.4, 0.5) is 10.5 Å². The SMILES string of the molecule is CCCCNC(=O)N(C)c1cccc(-c2ccc(/C=C(/CC)C(=O)O)cc2)c1. The minimum Gasteiger partial charge on any atom is -0.478 e. The molecule has 2 aromatic carbocycles. The Hall–Kier alpha value is -3.08. The van der Waals surface area contributed by atoms with E-state index in [4.69, 9.17) is 5.11 Å². The van der Waals surface area contributed by atoms with Crippen LogP contribution in [-0.2, 0) is 4.79 Å². The molecule has 148 valence electrons. The van der Waals surface area contributed by atoms with Gasteiger partial charge in [-0.1, -0.05) is 56.7 Å². The molecule has 0 atom stereocenters. The van der Waals surface area contributed by atoms with Crippen LogP contribution in [0.15, 0.2) is 54.1 Å². The molecule has 0 radical (unpaired) electrons. The number of nitrogens with one attached hydrogen (secondary N) is 1. The van der Waals surface area contributed by atoms with Gasteiger partial charge < -0.3 is 10.4 Å². The molecule has 0 aromatic heterocycles. The summed E-state index contributed by atoms with van der Waals surface area (Å²) in [6, 6.07) is 15.4. The van der Waals surface area contributed by atoms with E-state index in [0.717, 1.165) is 35.2 Å². The molecular weight excluding hydrogens is 352 g/mol. The van der Waals surface area contributed by atoms with Gasteiger partial charge in [0.1, 0.15) is 0 Å². The molecule has 0 fully saturated rings. The second-order valence-electron chi connectivity index (χ2n) is 6.65. The Bertz CT molecular complexity index is 841. The number of unbranched alkanes of at least 4 members (excludes halogenated alkanes) is 1. The van der Waals surface area contributed by atoms with Crippen LogP contribution in [0.1, 0.15) is 38.7 Å². The number of carbonyl (C=O) groups excluding carboxylic acids is 1. The van der Waals surface area contributed by atoms with Gasteiger partial charge in [0.2, 0.25) is 0 Å². The third-order valence-electron chi connectivity index (χ3n) is 4.59. The monoisotopic (exact) mass is 380 g/mol. The van der Waals surface area contributed by atoms with Crippen LogP contribution in [0.5, 0.6) is 0 Å². The number of benzene rings is 2. The highest BCUT2D eigenvalue weighted by molar-refractivity contribution is 5.93. The second kappa shape index (κ2) is 10.3. The van der Waals surface area contributed by atoms with Gasteiger partial charge in [0.25, 0.3) is 0 Å². The molecule has 5 heteroatoms. The fourth-order valence-corrected chi connectivity index (χ4v) is 2.79. The predicted octanol–water partition coefficient (Wildman–Crippen LogP) is 5.18. The first kappa shape index (κ1) is 21.2. The van der Waals surface area contributed by atoms with E-state index in [1.165, 1.54) is 0 Å². The fourth-order valence-electron chi connectivity index (χ4n) is 2.79. The van der Waals surface area contributed by atoms with Gasteiger partial charge in [-0.25, -0.2) is 9.59 Å². The van der Waals surface area contributed by atoms with Crippen molar-refractivity contribution in [1.82, 2.24) is 5.32 Å². The standard InChI is InChI=1S/C23H28N2O3/c1-4-6-14-24-23(28)25(3)21-9-7-8-20(16-21)19-12-10-17(11-13-19)15-18(5-2)22(26)27/h7-13,15-16H,4-6,14H2,1-3H3,(H,24,28)(H,26,27)/b18-15-.